The summed E-state index contributed by atoms with van der Waals surface area (Å²) in [5, 5.41) is 4.35. The third kappa shape index (κ3) is 10.1. The molecule has 2 unspecified atom stereocenters. The van der Waals surface area contributed by atoms with Gasteiger partial charge in [-0.3, -0.25) is 14.7 Å². The fourth-order valence-corrected chi connectivity index (χ4v) is 15.4. The second-order valence-corrected chi connectivity index (χ2v) is 25.8. The van der Waals surface area contributed by atoms with Crippen molar-refractivity contribution in [1.29, 1.82) is 0 Å². The minimum Gasteiger partial charge on any atom is -0.465 e. The molecule has 16 heteroatoms. The lowest BCUT2D eigenvalue weighted by Gasteiger charge is -2.42. The van der Waals surface area contributed by atoms with E-state index in [1.807, 2.05) is 42.7 Å². The zero-order chi connectivity index (χ0) is 47.7. The van der Waals surface area contributed by atoms with Gasteiger partial charge in [-0.25, -0.2) is 13.6 Å². The van der Waals surface area contributed by atoms with Gasteiger partial charge in [-0.15, -0.1) is 5.54 Å². The molecule has 1 N–H and O–H groups in total. The van der Waals surface area contributed by atoms with Crippen LogP contribution in [0, 0.1) is 26.7 Å². The molecule has 7 rings (SSSR count). The highest BCUT2D eigenvalue weighted by atomic mass is 127. The minimum atomic E-state index is -2.29. The zero-order valence-corrected chi connectivity index (χ0v) is 42.5. The average molecular weight is 1030 g/mol. The first kappa shape index (κ1) is 48.8. The van der Waals surface area contributed by atoms with E-state index in [4.69, 9.17) is 28.9 Å². The molecule has 5 aromatic rings. The van der Waals surface area contributed by atoms with Crippen LogP contribution >= 0.6 is 22.6 Å². The lowest BCUT2D eigenvalue weighted by Crippen LogP contribution is -2.57. The first-order valence-electron chi connectivity index (χ1n) is 22.5. The van der Waals surface area contributed by atoms with Gasteiger partial charge in [-0.1, -0.05) is 71.7 Å². The molecule has 2 bridgehead atoms. The number of benzene rings is 3. The van der Waals surface area contributed by atoms with Crippen molar-refractivity contribution < 1.29 is 37.3 Å². The quantitative estimate of drug-likeness (QED) is 0.0527. The van der Waals surface area contributed by atoms with E-state index in [1.165, 1.54) is 13.2 Å². The summed E-state index contributed by atoms with van der Waals surface area (Å²) in [4.78, 5) is 44.6. The van der Waals surface area contributed by atoms with Crippen LogP contribution in [0.5, 0.6) is 11.8 Å². The fourth-order valence-electron chi connectivity index (χ4n) is 9.77. The molecule has 3 aromatic carbocycles. The normalized spacial score (nSPS) is 16.3. The van der Waals surface area contributed by atoms with Crippen LogP contribution in [0.2, 0.25) is 16.6 Å². The molecule has 350 valence electrons. The SMILES string of the molecule is COCOc1cc(I)ccc1NC(=O)CCOc1nc(N2CC3CCC(C2)N3C(=O)OC(C)(C)C)c2cnc(-c3cccc4ccc(F)c(C#C[Si](C(C)C)(C(C)C)C(C)C)c34)c(F)c2n1. The summed E-state index contributed by atoms with van der Waals surface area (Å²) in [6.45, 7) is 19.4. The van der Waals surface area contributed by atoms with Gasteiger partial charge in [0.05, 0.1) is 35.1 Å². The molecule has 0 spiro atoms. The van der Waals surface area contributed by atoms with E-state index in [0.717, 1.165) is 16.4 Å². The number of anilines is 2. The molecule has 0 saturated carbocycles. The average Bonchev–Trinajstić information content (AvgIpc) is 3.52. The Morgan fingerprint density at radius 2 is 1.65 bits per heavy atom. The number of carbonyl (C=O) groups is 2. The Bertz CT molecular complexity index is 2670. The number of amides is 2. The van der Waals surface area contributed by atoms with Crippen LogP contribution in [0.15, 0.2) is 54.7 Å². The minimum absolute atomic E-state index is 0.00260. The zero-order valence-electron chi connectivity index (χ0n) is 39.4. The highest BCUT2D eigenvalue weighted by Crippen LogP contribution is 2.42. The van der Waals surface area contributed by atoms with Crippen LogP contribution in [0.25, 0.3) is 32.9 Å². The number of aromatic nitrogens is 3. The largest absolute Gasteiger partial charge is 0.465 e. The third-order valence-corrected chi connectivity index (χ3v) is 19.6. The highest BCUT2D eigenvalue weighted by Gasteiger charge is 2.45. The van der Waals surface area contributed by atoms with Gasteiger partial charge in [0.25, 0.3) is 0 Å². The Morgan fingerprint density at radius 3 is 2.30 bits per heavy atom. The molecule has 2 aromatic heterocycles. The van der Waals surface area contributed by atoms with Crippen LogP contribution in [0.3, 0.4) is 0 Å². The fraction of sp³-hybridized carbons (Fsp3) is 0.460. The van der Waals surface area contributed by atoms with E-state index in [9.17, 15) is 9.59 Å². The van der Waals surface area contributed by atoms with Gasteiger partial charge in [0.2, 0.25) is 5.91 Å². The van der Waals surface area contributed by atoms with Crippen molar-refractivity contribution in [2.45, 2.75) is 116 Å². The summed E-state index contributed by atoms with van der Waals surface area (Å²) in [6, 6.07) is 13.3. The topological polar surface area (TPSA) is 128 Å². The van der Waals surface area contributed by atoms with Crippen molar-refractivity contribution in [1.82, 2.24) is 19.9 Å². The molecule has 2 aliphatic rings. The summed E-state index contributed by atoms with van der Waals surface area (Å²) in [6.07, 6.45) is 2.61. The maximum atomic E-state index is 17.6. The first-order chi connectivity index (χ1) is 31.3. The van der Waals surface area contributed by atoms with E-state index in [-0.39, 0.29) is 66.7 Å². The van der Waals surface area contributed by atoms with Crippen LogP contribution < -0.4 is 19.7 Å². The maximum Gasteiger partial charge on any atom is 0.410 e. The molecule has 2 atom stereocenters. The molecular formula is C50H59F2IN6O6Si. The number of piperazine rings is 1. The van der Waals surface area contributed by atoms with Gasteiger partial charge in [0.1, 0.15) is 48.9 Å². The monoisotopic (exact) mass is 1030 g/mol. The molecule has 2 saturated heterocycles. The predicted molar refractivity (Wildman–Crippen MR) is 266 cm³/mol. The Labute approximate surface area is 400 Å². The number of fused-ring (bicyclic) bond motifs is 4. The molecule has 2 aliphatic heterocycles. The second-order valence-electron chi connectivity index (χ2n) is 19.0. The predicted octanol–water partition coefficient (Wildman–Crippen LogP) is 11.3. The van der Waals surface area contributed by atoms with Gasteiger partial charge in [-0.05, 0) is 102 Å². The van der Waals surface area contributed by atoms with E-state index >= 15 is 8.78 Å². The van der Waals surface area contributed by atoms with Crippen molar-refractivity contribution >= 4 is 75.8 Å². The van der Waals surface area contributed by atoms with Crippen molar-refractivity contribution in [3.63, 3.8) is 0 Å². The Balaban J connectivity index is 1.29. The molecule has 2 fully saturated rings. The van der Waals surface area contributed by atoms with E-state index in [0.29, 0.717) is 68.7 Å². The summed E-state index contributed by atoms with van der Waals surface area (Å²) < 4.78 is 57.2. The molecule has 12 nitrogen and oxygen atoms in total. The number of hydrogen-bond acceptors (Lipinski definition) is 10. The van der Waals surface area contributed by atoms with Crippen LogP contribution in [-0.4, -0.2) is 91.2 Å². The Hall–Kier alpha value is -5.12. The highest BCUT2D eigenvalue weighted by molar-refractivity contribution is 14.1. The van der Waals surface area contributed by atoms with Gasteiger partial charge in [0, 0.05) is 40.9 Å². The van der Waals surface area contributed by atoms with Gasteiger partial charge in [-0.2, -0.15) is 9.97 Å². The third-order valence-electron chi connectivity index (χ3n) is 12.7. The Morgan fingerprint density at radius 1 is 0.955 bits per heavy atom. The molecule has 0 radical (unpaired) electrons. The number of nitrogens with zero attached hydrogens (tertiary/aromatic N) is 5. The number of methoxy groups -OCH3 is 1. The van der Waals surface area contributed by atoms with Crippen molar-refractivity contribution in [2.24, 2.45) is 0 Å². The van der Waals surface area contributed by atoms with Gasteiger partial charge < -0.3 is 29.2 Å². The van der Waals surface area contributed by atoms with E-state index in [2.05, 4.69) is 85.9 Å². The number of nitrogens with one attached hydrogen (secondary N) is 1. The first-order valence-corrected chi connectivity index (χ1v) is 25.8. The van der Waals surface area contributed by atoms with Gasteiger partial charge in [0.15, 0.2) is 12.6 Å². The van der Waals surface area contributed by atoms with E-state index in [1.54, 1.807) is 36.5 Å². The molecular weight excluding hydrogens is 974 g/mol. The number of carbonyl (C=O) groups excluding carboxylic acids is 2. The lowest BCUT2D eigenvalue weighted by atomic mass is 9.96. The summed E-state index contributed by atoms with van der Waals surface area (Å²) in [5.41, 5.74) is 4.90. The van der Waals surface area contributed by atoms with Crippen LogP contribution in [0.4, 0.5) is 25.1 Å². The number of ether oxygens (including phenoxy) is 4. The van der Waals surface area contributed by atoms with Crippen molar-refractivity contribution in [3.8, 4) is 34.5 Å². The lowest BCUT2D eigenvalue weighted by molar-refractivity contribution is -0.116. The number of rotatable bonds is 13. The van der Waals surface area contributed by atoms with Crippen LogP contribution in [-0.2, 0) is 14.3 Å². The standard InChI is InChI=1S/C50H59F2IN6O6Si/c1-29(2)66(30(3)4,31(5)6)23-21-36-39(51)18-14-32-12-11-13-37(43(32)36)45-44(52)46-38(25-54-45)47(58-26-34-16-17-35(27-58)59(34)49(61)65-50(7,8)9)57-48(56-46)63-22-20-42(60)55-40-19-15-33(53)24-41(40)64-28-62-10/h11-15,18-19,24-25,29-31,34-35H,16-17,20,22,26-28H2,1-10H3,(H,55,60). The molecule has 4 heterocycles. The smallest absolute Gasteiger partial charge is 0.410 e. The Kier molecular flexibility index (Phi) is 14.8. The number of hydrogen-bond donors (Lipinski definition) is 1. The maximum absolute atomic E-state index is 17.6. The summed E-state index contributed by atoms with van der Waals surface area (Å²) in [7, 11) is -0.775. The van der Waals surface area contributed by atoms with Crippen molar-refractivity contribution in [3.05, 3.63) is 75.5 Å². The summed E-state index contributed by atoms with van der Waals surface area (Å²) >= 11 is 2.16. The molecule has 66 heavy (non-hydrogen) atoms. The van der Waals surface area contributed by atoms with E-state index < -0.39 is 25.3 Å². The number of pyridine rings is 1. The van der Waals surface area contributed by atoms with Gasteiger partial charge >= 0.3 is 12.1 Å². The second kappa shape index (κ2) is 20.0. The summed E-state index contributed by atoms with van der Waals surface area (Å²) in [5.74, 6) is 2.55. The molecule has 2 amide bonds. The van der Waals surface area contributed by atoms with Crippen molar-refractivity contribution in [2.75, 3.05) is 43.8 Å². The van der Waals surface area contributed by atoms with Crippen LogP contribution in [0.1, 0.15) is 87.1 Å². The number of halogens is 3. The molecule has 0 aliphatic carbocycles.